The van der Waals surface area contributed by atoms with Crippen LogP contribution in [0.2, 0.25) is 0 Å². The van der Waals surface area contributed by atoms with Crippen LogP contribution in [-0.2, 0) is 21.7 Å². The van der Waals surface area contributed by atoms with Gasteiger partial charge in [-0.2, -0.15) is 35.4 Å². The largest absolute Gasteiger partial charge is 4.00 e. The number of hydrogen-bond donors (Lipinski definition) is 0. The quantitative estimate of drug-likeness (QED) is 0.104. The predicted octanol–water partition coefficient (Wildman–Crippen LogP) is 9.77. The fourth-order valence-electron chi connectivity index (χ4n) is 4.25. The predicted molar refractivity (Wildman–Crippen MR) is 162 cm³/mol. The summed E-state index contributed by atoms with van der Waals surface area (Å²) in [4.78, 5) is 0. The second-order valence-corrected chi connectivity index (χ2v) is 9.84. The third kappa shape index (κ3) is 10.1. The van der Waals surface area contributed by atoms with Gasteiger partial charge in [0.15, 0.2) is 0 Å². The van der Waals surface area contributed by atoms with Crippen molar-refractivity contribution in [1.82, 2.24) is 9.13 Å². The molecule has 2 heterocycles. The molecule has 0 saturated heterocycles. The van der Waals surface area contributed by atoms with Crippen molar-refractivity contribution in [3.05, 3.63) is 166 Å². The van der Waals surface area contributed by atoms with E-state index in [1.165, 1.54) is 35.4 Å². The fraction of sp³-hybridized carbons (Fsp3) is 0.167. The molecule has 0 aliphatic rings. The zero-order chi connectivity index (χ0) is 30.8. The molecule has 0 aliphatic heterocycles. The van der Waals surface area contributed by atoms with Gasteiger partial charge in [-0.05, 0) is 63.3 Å². The van der Waals surface area contributed by atoms with Crippen molar-refractivity contribution in [2.24, 2.45) is 0 Å². The second-order valence-electron chi connectivity index (χ2n) is 9.84. The Morgan fingerprint density at radius 3 is 0.977 bits per heavy atom. The Hall–Kier alpha value is -3.87. The molecule has 4 aromatic carbocycles. The van der Waals surface area contributed by atoms with Crippen molar-refractivity contribution < 1.29 is 39.3 Å². The average molecular weight is 619 g/mol. The molecular formula is C36H34F4N2Ti. The summed E-state index contributed by atoms with van der Waals surface area (Å²) < 4.78 is 55.7. The minimum atomic E-state index is -0.682. The van der Waals surface area contributed by atoms with Crippen LogP contribution < -0.4 is 0 Å². The normalized spacial score (nSPS) is 9.91. The standard InChI is InChI=1S/2C12H10F2N.2C6H7.Ti/c2*1-8-3-4-9(2)15(8)12-6-5-10(13)7-11(12)14;2*1-6-4-2-3-5-6;/h2*3-6H,1-2H3;2*2-5H,1H3;/q4*-1;+4. The molecule has 220 valence electrons. The number of hydrogen-bond acceptors (Lipinski definition) is 0. The van der Waals surface area contributed by atoms with E-state index in [0.29, 0.717) is 11.4 Å². The first kappa shape index (κ1) is 35.3. The van der Waals surface area contributed by atoms with E-state index >= 15 is 0 Å². The SMILES string of the molecule is C[c-]1cccc1.C[c-]1cccc1.Cc1ccc(C)n1-c1ccc(F)[c-]c1F.Cc1ccc(C)n1-c1ccc(F)[c-]c1F.[Ti+4]. The van der Waals surface area contributed by atoms with E-state index in [1.807, 2.05) is 88.4 Å². The summed E-state index contributed by atoms with van der Waals surface area (Å²) >= 11 is 0. The Morgan fingerprint density at radius 2 is 0.767 bits per heavy atom. The molecule has 43 heavy (non-hydrogen) atoms. The Balaban J connectivity index is 0.000000215. The van der Waals surface area contributed by atoms with E-state index in [9.17, 15) is 17.6 Å². The van der Waals surface area contributed by atoms with Crippen LogP contribution in [0.15, 0.2) is 97.1 Å². The van der Waals surface area contributed by atoms with Crippen molar-refractivity contribution in [2.75, 3.05) is 0 Å². The molecule has 0 amide bonds. The number of benzene rings is 2. The Bertz CT molecular complexity index is 1510. The van der Waals surface area contributed by atoms with Crippen LogP contribution in [0.1, 0.15) is 33.9 Å². The van der Waals surface area contributed by atoms with E-state index in [0.717, 1.165) is 22.8 Å². The van der Waals surface area contributed by atoms with Gasteiger partial charge in [-0.1, -0.05) is 13.8 Å². The number of nitrogens with zero attached hydrogens (tertiary/aromatic N) is 2. The average Bonchev–Trinajstić information content (AvgIpc) is 3.74. The molecule has 0 spiro atoms. The summed E-state index contributed by atoms with van der Waals surface area (Å²) in [5.41, 5.74) is 6.98. The van der Waals surface area contributed by atoms with Crippen LogP contribution in [0.5, 0.6) is 0 Å². The summed E-state index contributed by atoms with van der Waals surface area (Å²) in [5, 5.41) is 0. The molecule has 0 unspecified atom stereocenters. The molecule has 0 aliphatic carbocycles. The first-order valence-electron chi connectivity index (χ1n) is 13.4. The summed E-state index contributed by atoms with van der Waals surface area (Å²) in [7, 11) is 0. The first-order valence-corrected chi connectivity index (χ1v) is 13.4. The van der Waals surface area contributed by atoms with Crippen LogP contribution in [0, 0.1) is 76.9 Å². The Labute approximate surface area is 266 Å². The maximum atomic E-state index is 13.5. The molecule has 0 saturated carbocycles. The summed E-state index contributed by atoms with van der Waals surface area (Å²) in [6.07, 6.45) is 0. The molecule has 0 radical (unpaired) electrons. The van der Waals surface area contributed by atoms with Gasteiger partial charge in [0.2, 0.25) is 0 Å². The van der Waals surface area contributed by atoms with E-state index in [1.54, 1.807) is 9.13 Å². The zero-order valence-corrected chi connectivity index (χ0v) is 26.7. The van der Waals surface area contributed by atoms with Gasteiger partial charge in [0.1, 0.15) is 0 Å². The molecule has 0 bridgehead atoms. The van der Waals surface area contributed by atoms with Gasteiger partial charge >= 0.3 is 21.7 Å². The topological polar surface area (TPSA) is 9.86 Å². The van der Waals surface area contributed by atoms with Gasteiger partial charge in [0.25, 0.3) is 0 Å². The first-order chi connectivity index (χ1) is 20.0. The van der Waals surface area contributed by atoms with E-state index in [4.69, 9.17) is 0 Å². The van der Waals surface area contributed by atoms with Gasteiger partial charge in [-0.3, -0.25) is 0 Å². The number of aromatic nitrogens is 2. The van der Waals surface area contributed by atoms with Crippen LogP contribution in [0.3, 0.4) is 0 Å². The van der Waals surface area contributed by atoms with Gasteiger partial charge < -0.3 is 9.13 Å². The minimum absolute atomic E-state index is 0. The third-order valence-corrected chi connectivity index (χ3v) is 6.37. The number of aryl methyl sites for hydroxylation is 6. The van der Waals surface area contributed by atoms with Crippen molar-refractivity contribution in [1.29, 1.82) is 0 Å². The fourth-order valence-corrected chi connectivity index (χ4v) is 4.25. The van der Waals surface area contributed by atoms with Gasteiger partial charge in [0, 0.05) is 46.0 Å². The van der Waals surface area contributed by atoms with Crippen molar-refractivity contribution in [3.8, 4) is 11.4 Å². The maximum absolute atomic E-state index is 13.5. The van der Waals surface area contributed by atoms with Crippen molar-refractivity contribution in [3.63, 3.8) is 0 Å². The maximum Gasteiger partial charge on any atom is 4.00 e. The molecule has 0 fully saturated rings. The summed E-state index contributed by atoms with van der Waals surface area (Å²) in [6.45, 7) is 11.6. The molecule has 7 heteroatoms. The molecule has 0 N–H and O–H groups in total. The smallest absolute Gasteiger partial charge is 0.370 e. The molecule has 0 atom stereocenters. The molecular weight excluding hydrogens is 584 g/mol. The minimum Gasteiger partial charge on any atom is -0.370 e. The van der Waals surface area contributed by atoms with E-state index in [2.05, 4.69) is 38.1 Å². The van der Waals surface area contributed by atoms with Crippen LogP contribution in [0.25, 0.3) is 11.4 Å². The van der Waals surface area contributed by atoms with Crippen molar-refractivity contribution in [2.45, 2.75) is 41.5 Å². The molecule has 6 aromatic rings. The van der Waals surface area contributed by atoms with Gasteiger partial charge in [0.05, 0.1) is 0 Å². The molecule has 6 rings (SSSR count). The van der Waals surface area contributed by atoms with Gasteiger partial charge in [-0.25, -0.2) is 41.8 Å². The summed E-state index contributed by atoms with van der Waals surface area (Å²) in [6, 6.07) is 33.3. The number of halogens is 4. The van der Waals surface area contributed by atoms with E-state index in [-0.39, 0.29) is 21.7 Å². The third-order valence-electron chi connectivity index (χ3n) is 6.37. The molecule has 2 nitrogen and oxygen atoms in total. The monoisotopic (exact) mass is 618 g/mol. The number of rotatable bonds is 2. The Kier molecular flexibility index (Phi) is 13.7. The second kappa shape index (κ2) is 16.7. The Morgan fingerprint density at radius 1 is 0.488 bits per heavy atom. The van der Waals surface area contributed by atoms with Gasteiger partial charge in [-0.15, -0.1) is 36.4 Å². The zero-order valence-electron chi connectivity index (χ0n) is 25.1. The summed E-state index contributed by atoms with van der Waals surface area (Å²) in [5.74, 6) is -2.70. The van der Waals surface area contributed by atoms with Crippen LogP contribution >= 0.6 is 0 Å². The van der Waals surface area contributed by atoms with Crippen LogP contribution in [0.4, 0.5) is 17.6 Å². The van der Waals surface area contributed by atoms with E-state index < -0.39 is 23.3 Å². The molecule has 2 aromatic heterocycles. The van der Waals surface area contributed by atoms with Crippen LogP contribution in [-0.4, -0.2) is 9.13 Å². The van der Waals surface area contributed by atoms with Crippen molar-refractivity contribution >= 4 is 0 Å².